The Morgan fingerprint density at radius 2 is 2.00 bits per heavy atom. The minimum Gasteiger partial charge on any atom is -0.347 e. The SMILES string of the molecule is c1cnc(Nc2nnc(N3CCCCC3)s2)cn1. The second kappa shape index (κ2) is 5.26. The van der Waals surface area contributed by atoms with Crippen LogP contribution in [0.1, 0.15) is 19.3 Å². The van der Waals surface area contributed by atoms with Gasteiger partial charge in [0, 0.05) is 25.5 Å². The van der Waals surface area contributed by atoms with E-state index in [9.17, 15) is 0 Å². The average Bonchev–Trinajstić information content (AvgIpc) is 2.89. The van der Waals surface area contributed by atoms with Gasteiger partial charge in [0.05, 0.1) is 6.20 Å². The van der Waals surface area contributed by atoms with Crippen LogP contribution in [0.4, 0.5) is 16.1 Å². The molecular formula is C11H14N6S. The average molecular weight is 262 g/mol. The largest absolute Gasteiger partial charge is 0.347 e. The highest BCUT2D eigenvalue weighted by Crippen LogP contribution is 2.27. The van der Waals surface area contributed by atoms with E-state index in [2.05, 4.69) is 30.4 Å². The first-order valence-electron chi connectivity index (χ1n) is 6.03. The lowest BCUT2D eigenvalue weighted by molar-refractivity contribution is 0.575. The molecule has 1 fully saturated rings. The van der Waals surface area contributed by atoms with Gasteiger partial charge in [0.25, 0.3) is 0 Å². The van der Waals surface area contributed by atoms with Crippen molar-refractivity contribution in [1.82, 2.24) is 20.2 Å². The first kappa shape index (κ1) is 11.3. The molecule has 0 atom stereocenters. The van der Waals surface area contributed by atoms with Crippen LogP contribution in [0.5, 0.6) is 0 Å². The summed E-state index contributed by atoms with van der Waals surface area (Å²) in [4.78, 5) is 10.4. The maximum Gasteiger partial charge on any atom is 0.213 e. The number of rotatable bonds is 3. The van der Waals surface area contributed by atoms with Crippen LogP contribution < -0.4 is 10.2 Å². The molecule has 1 aliphatic heterocycles. The van der Waals surface area contributed by atoms with Gasteiger partial charge in [0.2, 0.25) is 10.3 Å². The van der Waals surface area contributed by atoms with Crippen LogP contribution >= 0.6 is 11.3 Å². The number of hydrogen-bond acceptors (Lipinski definition) is 7. The summed E-state index contributed by atoms with van der Waals surface area (Å²) in [6.45, 7) is 2.17. The van der Waals surface area contributed by atoms with E-state index in [1.807, 2.05) is 0 Å². The summed E-state index contributed by atoms with van der Waals surface area (Å²) in [5.41, 5.74) is 0. The first-order chi connectivity index (χ1) is 8.92. The Balaban J connectivity index is 1.69. The second-order valence-corrected chi connectivity index (χ2v) is 5.11. The summed E-state index contributed by atoms with van der Waals surface area (Å²) in [5.74, 6) is 0.693. The monoisotopic (exact) mass is 262 g/mol. The lowest BCUT2D eigenvalue weighted by Gasteiger charge is -2.25. The Kier molecular flexibility index (Phi) is 3.31. The van der Waals surface area contributed by atoms with Crippen molar-refractivity contribution in [2.75, 3.05) is 23.3 Å². The summed E-state index contributed by atoms with van der Waals surface area (Å²) in [6, 6.07) is 0. The van der Waals surface area contributed by atoms with Gasteiger partial charge in [-0.1, -0.05) is 11.3 Å². The van der Waals surface area contributed by atoms with Crippen LogP contribution in [0.25, 0.3) is 0 Å². The zero-order valence-electron chi connectivity index (χ0n) is 9.91. The van der Waals surface area contributed by atoms with Crippen molar-refractivity contribution in [3.8, 4) is 0 Å². The van der Waals surface area contributed by atoms with Crippen LogP contribution in [0.15, 0.2) is 18.6 Å². The molecule has 1 aliphatic rings. The Bertz CT molecular complexity index is 493. The van der Waals surface area contributed by atoms with Gasteiger partial charge in [0.15, 0.2) is 5.82 Å². The Morgan fingerprint density at radius 3 is 2.78 bits per heavy atom. The van der Waals surface area contributed by atoms with Gasteiger partial charge >= 0.3 is 0 Å². The molecule has 0 radical (unpaired) electrons. The fourth-order valence-electron chi connectivity index (χ4n) is 1.95. The Labute approximate surface area is 109 Å². The van der Waals surface area contributed by atoms with Crippen molar-refractivity contribution in [1.29, 1.82) is 0 Å². The van der Waals surface area contributed by atoms with Gasteiger partial charge in [-0.05, 0) is 19.3 Å². The number of hydrogen-bond donors (Lipinski definition) is 1. The molecule has 0 amide bonds. The number of piperidine rings is 1. The van der Waals surface area contributed by atoms with Crippen molar-refractivity contribution in [3.63, 3.8) is 0 Å². The molecule has 0 aliphatic carbocycles. The first-order valence-corrected chi connectivity index (χ1v) is 6.85. The minimum absolute atomic E-state index is 0.693. The van der Waals surface area contributed by atoms with Crippen molar-refractivity contribution < 1.29 is 0 Å². The molecule has 2 aromatic rings. The molecule has 0 saturated carbocycles. The van der Waals surface area contributed by atoms with Gasteiger partial charge in [-0.2, -0.15) is 0 Å². The van der Waals surface area contributed by atoms with Gasteiger partial charge in [-0.3, -0.25) is 4.98 Å². The molecule has 94 valence electrons. The predicted molar refractivity (Wildman–Crippen MR) is 71.3 cm³/mol. The van der Waals surface area contributed by atoms with E-state index in [1.165, 1.54) is 19.3 Å². The maximum absolute atomic E-state index is 4.22. The van der Waals surface area contributed by atoms with Crippen LogP contribution in [-0.4, -0.2) is 33.3 Å². The summed E-state index contributed by atoms with van der Waals surface area (Å²) in [6.07, 6.45) is 8.76. The number of nitrogens with zero attached hydrogens (tertiary/aromatic N) is 5. The van der Waals surface area contributed by atoms with Crippen LogP contribution in [0.2, 0.25) is 0 Å². The van der Waals surface area contributed by atoms with Gasteiger partial charge in [-0.25, -0.2) is 4.98 Å². The number of aromatic nitrogens is 4. The smallest absolute Gasteiger partial charge is 0.213 e. The van der Waals surface area contributed by atoms with Crippen molar-refractivity contribution in [3.05, 3.63) is 18.6 Å². The lowest BCUT2D eigenvalue weighted by Crippen LogP contribution is -2.29. The fourth-order valence-corrected chi connectivity index (χ4v) is 2.76. The fraction of sp³-hybridized carbons (Fsp3) is 0.455. The molecule has 1 N–H and O–H groups in total. The van der Waals surface area contributed by atoms with E-state index in [0.29, 0.717) is 5.82 Å². The molecule has 3 heterocycles. The minimum atomic E-state index is 0.693. The van der Waals surface area contributed by atoms with E-state index in [1.54, 1.807) is 29.9 Å². The number of anilines is 3. The third kappa shape index (κ3) is 2.56. The van der Waals surface area contributed by atoms with Crippen molar-refractivity contribution in [2.24, 2.45) is 0 Å². The predicted octanol–water partition coefficient (Wildman–Crippen LogP) is 2.06. The van der Waals surface area contributed by atoms with E-state index in [4.69, 9.17) is 0 Å². The zero-order chi connectivity index (χ0) is 12.2. The molecule has 0 unspecified atom stereocenters. The van der Waals surface area contributed by atoms with Gasteiger partial charge in [-0.15, -0.1) is 10.2 Å². The van der Waals surface area contributed by atoms with E-state index in [-0.39, 0.29) is 0 Å². The third-order valence-corrected chi connectivity index (χ3v) is 3.74. The van der Waals surface area contributed by atoms with Crippen molar-refractivity contribution in [2.45, 2.75) is 19.3 Å². The van der Waals surface area contributed by atoms with Crippen molar-refractivity contribution >= 4 is 27.4 Å². The summed E-state index contributed by atoms with van der Waals surface area (Å²) in [7, 11) is 0. The van der Waals surface area contributed by atoms with E-state index >= 15 is 0 Å². The maximum atomic E-state index is 4.22. The summed E-state index contributed by atoms with van der Waals surface area (Å²) >= 11 is 1.56. The van der Waals surface area contributed by atoms with Crippen LogP contribution in [0, 0.1) is 0 Å². The Morgan fingerprint density at radius 1 is 1.11 bits per heavy atom. The topological polar surface area (TPSA) is 66.8 Å². The highest BCUT2D eigenvalue weighted by Gasteiger charge is 2.15. The second-order valence-electron chi connectivity index (χ2n) is 4.15. The molecule has 2 aromatic heterocycles. The molecule has 18 heavy (non-hydrogen) atoms. The summed E-state index contributed by atoms with van der Waals surface area (Å²) < 4.78 is 0. The quantitative estimate of drug-likeness (QED) is 0.913. The van der Waals surface area contributed by atoms with Crippen LogP contribution in [-0.2, 0) is 0 Å². The van der Waals surface area contributed by atoms with Gasteiger partial charge in [0.1, 0.15) is 0 Å². The zero-order valence-corrected chi connectivity index (χ0v) is 10.7. The molecule has 0 spiro atoms. The standard InChI is InChI=1S/C11H14N6S/c1-2-6-17(7-3-1)11-16-15-10(18-11)14-9-8-12-4-5-13-9/h4-5,8H,1-3,6-7H2,(H,13,14,15). The molecule has 0 aromatic carbocycles. The van der Waals surface area contributed by atoms with Gasteiger partial charge < -0.3 is 10.2 Å². The third-order valence-electron chi connectivity index (χ3n) is 2.84. The van der Waals surface area contributed by atoms with Crippen LogP contribution in [0.3, 0.4) is 0 Å². The Hall–Kier alpha value is -1.76. The lowest BCUT2D eigenvalue weighted by atomic mass is 10.1. The molecule has 3 rings (SSSR count). The molecule has 6 nitrogen and oxygen atoms in total. The summed E-state index contributed by atoms with van der Waals surface area (Å²) in [5, 5.41) is 13.2. The highest BCUT2D eigenvalue weighted by atomic mass is 32.1. The molecule has 0 bridgehead atoms. The van der Waals surface area contributed by atoms with E-state index < -0.39 is 0 Å². The molecule has 1 saturated heterocycles. The van der Waals surface area contributed by atoms with E-state index in [0.717, 1.165) is 23.4 Å². The molecular weight excluding hydrogens is 248 g/mol. The molecule has 7 heteroatoms. The normalized spacial score (nSPS) is 15.7. The number of nitrogens with one attached hydrogen (secondary N) is 1. The highest BCUT2D eigenvalue weighted by molar-refractivity contribution is 7.19.